The highest BCUT2D eigenvalue weighted by molar-refractivity contribution is 6.78. The molecule has 1 aromatic heterocycles. The van der Waals surface area contributed by atoms with Crippen LogP contribution in [0.15, 0.2) is 24.1 Å². The first-order valence-electron chi connectivity index (χ1n) is 8.65. The lowest BCUT2D eigenvalue weighted by atomic mass is 10.0. The van der Waals surface area contributed by atoms with Crippen molar-refractivity contribution in [2.75, 3.05) is 13.7 Å². The second-order valence-corrected chi connectivity index (χ2v) is 13.1. The highest BCUT2D eigenvalue weighted by atomic mass is 28.3. The number of carbonyl (C=O) groups excluding carboxylic acids is 2. The molecule has 25 heavy (non-hydrogen) atoms. The monoisotopic (exact) mass is 359 g/mol. The van der Waals surface area contributed by atoms with Crippen molar-refractivity contribution in [1.29, 1.82) is 0 Å². The Hall–Kier alpha value is -2.15. The number of aromatic nitrogens is 2. The van der Waals surface area contributed by atoms with E-state index in [4.69, 9.17) is 4.74 Å². The topological polar surface area (TPSA) is 64.4 Å². The van der Waals surface area contributed by atoms with Gasteiger partial charge >= 0.3 is 5.97 Å². The minimum Gasteiger partial charge on any atom is -0.461 e. The Morgan fingerprint density at radius 3 is 2.76 bits per heavy atom. The lowest BCUT2D eigenvalue weighted by Crippen LogP contribution is -2.31. The van der Waals surface area contributed by atoms with Crippen molar-refractivity contribution >= 4 is 25.6 Å². The van der Waals surface area contributed by atoms with Crippen molar-refractivity contribution in [3.63, 3.8) is 0 Å². The average Bonchev–Trinajstić information content (AvgIpc) is 2.92. The molecule has 0 saturated heterocycles. The number of fused-ring (bicyclic) bond motifs is 3. The minimum atomic E-state index is -1.41. The van der Waals surface area contributed by atoms with Gasteiger partial charge in [0.2, 0.25) is 0 Å². The first-order chi connectivity index (χ1) is 11.7. The van der Waals surface area contributed by atoms with Gasteiger partial charge in [-0.2, -0.15) is 0 Å². The van der Waals surface area contributed by atoms with Crippen LogP contribution in [0, 0.1) is 0 Å². The Labute approximate surface area is 149 Å². The summed E-state index contributed by atoms with van der Waals surface area (Å²) in [5, 5.41) is 0. The number of hydrogen-bond donors (Lipinski definition) is 0. The fourth-order valence-corrected chi connectivity index (χ4v) is 4.81. The third-order valence-electron chi connectivity index (χ3n) is 4.88. The van der Waals surface area contributed by atoms with Gasteiger partial charge in [0.1, 0.15) is 6.33 Å². The van der Waals surface area contributed by atoms with E-state index in [1.807, 2.05) is 4.57 Å². The Kier molecular flexibility index (Phi) is 4.45. The minimum absolute atomic E-state index is 0.00675. The van der Waals surface area contributed by atoms with Gasteiger partial charge in [-0.1, -0.05) is 31.8 Å². The van der Waals surface area contributed by atoms with E-state index >= 15 is 0 Å². The number of imidazole rings is 1. The van der Waals surface area contributed by atoms with Crippen LogP contribution in [0.5, 0.6) is 0 Å². The number of ether oxygens (including phenoxy) is 1. The Morgan fingerprint density at radius 1 is 1.40 bits per heavy atom. The van der Waals surface area contributed by atoms with Crippen molar-refractivity contribution in [3.05, 3.63) is 35.4 Å². The molecule has 0 bridgehead atoms. The molecule has 1 atom stereocenters. The molecule has 7 heteroatoms. The summed E-state index contributed by atoms with van der Waals surface area (Å²) in [7, 11) is 0.354. The van der Waals surface area contributed by atoms with Crippen molar-refractivity contribution < 1.29 is 14.3 Å². The number of amides is 1. The van der Waals surface area contributed by atoms with Gasteiger partial charge in [-0.25, -0.2) is 9.78 Å². The molecule has 0 saturated carbocycles. The fraction of sp³-hybridized carbons (Fsp3) is 0.500. The third-order valence-corrected chi connectivity index (χ3v) is 7.51. The van der Waals surface area contributed by atoms with E-state index < -0.39 is 14.0 Å². The molecule has 0 fully saturated rings. The molecule has 2 aliphatic rings. The summed E-state index contributed by atoms with van der Waals surface area (Å²) in [5.41, 5.74) is 2.97. The Morgan fingerprint density at radius 2 is 2.12 bits per heavy atom. The molecule has 6 nitrogen and oxygen atoms in total. The molecule has 134 valence electrons. The lowest BCUT2D eigenvalue weighted by molar-refractivity contribution is -0.125. The van der Waals surface area contributed by atoms with Crippen LogP contribution in [0.1, 0.15) is 29.5 Å². The predicted molar refractivity (Wildman–Crippen MR) is 98.7 cm³/mol. The van der Waals surface area contributed by atoms with Gasteiger partial charge in [0, 0.05) is 7.05 Å². The summed E-state index contributed by atoms with van der Waals surface area (Å²) in [5.74, 6) is -0.450. The second-order valence-electron chi connectivity index (χ2n) is 7.67. The smallest absolute Gasteiger partial charge is 0.358 e. The Balaban J connectivity index is 2.09. The van der Waals surface area contributed by atoms with Gasteiger partial charge in [-0.15, -0.1) is 0 Å². The Bertz CT molecular complexity index is 786. The summed E-state index contributed by atoms with van der Waals surface area (Å²) in [6, 6.07) is 0. The van der Waals surface area contributed by atoms with Gasteiger partial charge in [0.05, 0.1) is 38.2 Å². The van der Waals surface area contributed by atoms with Crippen LogP contribution >= 0.6 is 0 Å². The van der Waals surface area contributed by atoms with E-state index in [1.165, 1.54) is 0 Å². The summed E-state index contributed by atoms with van der Waals surface area (Å²) in [6.07, 6.45) is 6.80. The molecule has 1 amide bonds. The van der Waals surface area contributed by atoms with E-state index in [-0.39, 0.29) is 11.6 Å². The zero-order valence-corrected chi connectivity index (χ0v) is 16.5. The van der Waals surface area contributed by atoms with Crippen LogP contribution in [0.25, 0.3) is 5.70 Å². The summed E-state index contributed by atoms with van der Waals surface area (Å²) < 4.78 is 6.98. The molecule has 3 rings (SSSR count). The summed E-state index contributed by atoms with van der Waals surface area (Å²) in [6.45, 7) is 9.36. The number of esters is 1. The third kappa shape index (κ3) is 3.08. The van der Waals surface area contributed by atoms with Crippen LogP contribution in [0.2, 0.25) is 25.2 Å². The maximum atomic E-state index is 12.9. The zero-order valence-electron chi connectivity index (χ0n) is 15.5. The fourth-order valence-electron chi connectivity index (χ4n) is 3.32. The molecule has 2 heterocycles. The van der Waals surface area contributed by atoms with E-state index in [1.54, 1.807) is 25.2 Å². The van der Waals surface area contributed by atoms with E-state index in [2.05, 4.69) is 36.8 Å². The van der Waals surface area contributed by atoms with Crippen molar-refractivity contribution in [3.8, 4) is 0 Å². The molecule has 1 aromatic rings. The molecule has 0 aromatic carbocycles. The summed E-state index contributed by atoms with van der Waals surface area (Å²) >= 11 is 0. The molecular formula is C18H25N3O3Si. The highest BCUT2D eigenvalue weighted by Crippen LogP contribution is 2.38. The molecular weight excluding hydrogens is 334 g/mol. The van der Waals surface area contributed by atoms with Crippen LogP contribution in [0.3, 0.4) is 0 Å². The SMILES string of the molecule is CCOC(=O)c1ncn2c1CN(C)C(=O)C1=CC([Si](C)(C)C)CC=C12. The van der Waals surface area contributed by atoms with Gasteiger partial charge in [0.25, 0.3) is 5.91 Å². The predicted octanol–water partition coefficient (Wildman–Crippen LogP) is 2.91. The maximum Gasteiger partial charge on any atom is 0.358 e. The van der Waals surface area contributed by atoms with Crippen LogP contribution in [-0.4, -0.2) is 48.1 Å². The van der Waals surface area contributed by atoms with Crippen LogP contribution < -0.4 is 0 Å². The molecule has 0 radical (unpaired) electrons. The molecule has 0 spiro atoms. The van der Waals surface area contributed by atoms with Crippen LogP contribution in [-0.2, 0) is 16.1 Å². The lowest BCUT2D eigenvalue weighted by Gasteiger charge is -2.30. The maximum absolute atomic E-state index is 12.9. The van der Waals surface area contributed by atoms with Gasteiger partial charge in [-0.3, -0.25) is 4.79 Å². The average molecular weight is 360 g/mol. The normalized spacial score (nSPS) is 20.3. The molecule has 0 N–H and O–H groups in total. The largest absolute Gasteiger partial charge is 0.461 e. The van der Waals surface area contributed by atoms with Crippen molar-refractivity contribution in [1.82, 2.24) is 14.5 Å². The van der Waals surface area contributed by atoms with Crippen molar-refractivity contribution in [2.45, 2.75) is 45.1 Å². The number of likely N-dealkylation sites (N-methyl/N-ethyl adjacent to an activating group) is 1. The van der Waals surface area contributed by atoms with Crippen molar-refractivity contribution in [2.24, 2.45) is 0 Å². The zero-order chi connectivity index (χ0) is 18.4. The molecule has 1 unspecified atom stereocenters. The van der Waals surface area contributed by atoms with E-state index in [9.17, 15) is 9.59 Å². The molecule has 1 aliphatic carbocycles. The first-order valence-corrected chi connectivity index (χ1v) is 12.2. The first kappa shape index (κ1) is 17.7. The number of allylic oxidation sites excluding steroid dienone is 2. The number of nitrogens with zero attached hydrogens (tertiary/aromatic N) is 3. The number of hydrogen-bond acceptors (Lipinski definition) is 4. The number of carbonyl (C=O) groups is 2. The second kappa shape index (κ2) is 6.29. The summed E-state index contributed by atoms with van der Waals surface area (Å²) in [4.78, 5) is 31.0. The number of rotatable bonds is 3. The van der Waals surface area contributed by atoms with Gasteiger partial charge in [-0.05, 0) is 18.9 Å². The standard InChI is InChI=1S/C18H25N3O3Si/c1-6-24-18(23)16-15-10-20(2)17(22)13-9-12(25(3,4)5)7-8-14(13)21(15)11-19-16/h8-9,11-12H,6-7,10H2,1-5H3. The van der Waals surface area contributed by atoms with Gasteiger partial charge in [0.15, 0.2) is 5.69 Å². The highest BCUT2D eigenvalue weighted by Gasteiger charge is 2.35. The van der Waals surface area contributed by atoms with E-state index in [0.717, 1.165) is 12.1 Å². The quantitative estimate of drug-likeness (QED) is 0.615. The molecule has 1 aliphatic heterocycles. The van der Waals surface area contributed by atoms with Crippen LogP contribution in [0.4, 0.5) is 0 Å². The van der Waals surface area contributed by atoms with Gasteiger partial charge < -0.3 is 14.2 Å². The van der Waals surface area contributed by atoms with E-state index in [0.29, 0.717) is 30.0 Å².